The van der Waals surface area contributed by atoms with Gasteiger partial charge in [0.05, 0.1) is 31.0 Å². The van der Waals surface area contributed by atoms with Gasteiger partial charge in [-0.05, 0) is 57.9 Å². The highest BCUT2D eigenvalue weighted by Gasteiger charge is 2.23. The summed E-state index contributed by atoms with van der Waals surface area (Å²) < 4.78 is 19.6. The maximum absolute atomic E-state index is 14.0. The molecule has 0 atom stereocenters. The van der Waals surface area contributed by atoms with Crippen LogP contribution in [-0.2, 0) is 0 Å². The number of unbranched alkanes of at least 4 members (excludes halogenated alkanes) is 4. The van der Waals surface area contributed by atoms with E-state index < -0.39 is 5.91 Å². The van der Waals surface area contributed by atoms with E-state index in [0.29, 0.717) is 65.9 Å². The number of aromatic nitrogens is 1. The number of fused-ring (bicyclic) bond motifs is 1. The van der Waals surface area contributed by atoms with Crippen molar-refractivity contribution in [3.05, 3.63) is 82.6 Å². The van der Waals surface area contributed by atoms with Crippen LogP contribution >= 0.6 is 15.9 Å². The molecule has 0 bridgehead atoms. The summed E-state index contributed by atoms with van der Waals surface area (Å²) in [5.41, 5.74) is 1.38. The van der Waals surface area contributed by atoms with E-state index in [1.807, 2.05) is 49.6 Å². The molecule has 1 N–H and O–H groups in total. The first-order valence-electron chi connectivity index (χ1n) is 15.3. The van der Waals surface area contributed by atoms with Crippen LogP contribution in [0.25, 0.3) is 16.6 Å². The average Bonchev–Trinajstić information content (AvgIpc) is 3.01. The number of amides is 1. The molecule has 0 unspecified atom stereocenters. The van der Waals surface area contributed by atoms with Crippen molar-refractivity contribution in [2.24, 2.45) is 0 Å². The Kier molecular flexibility index (Phi) is 12.1. The van der Waals surface area contributed by atoms with Crippen LogP contribution < -0.4 is 24.5 Å². The van der Waals surface area contributed by atoms with Crippen molar-refractivity contribution in [2.45, 2.75) is 52.9 Å². The smallest absolute Gasteiger partial charge is 0.263 e. The second-order valence-corrected chi connectivity index (χ2v) is 11.1. The zero-order valence-electron chi connectivity index (χ0n) is 25.7. The summed E-state index contributed by atoms with van der Waals surface area (Å²) >= 11 is 3.48. The lowest BCUT2D eigenvalue weighted by Crippen LogP contribution is -2.34. The summed E-state index contributed by atoms with van der Waals surface area (Å²) in [6, 6.07) is 17.3. The topological polar surface area (TPSA) is 90.2 Å². The number of carbonyl (C=O) groups excluding carboxylic acids is 1. The Balaban J connectivity index is 1.81. The van der Waals surface area contributed by atoms with E-state index >= 15 is 0 Å². The third kappa shape index (κ3) is 8.14. The summed E-state index contributed by atoms with van der Waals surface area (Å²) in [6.07, 6.45) is 7.14. The number of pyridine rings is 1. The monoisotopic (exact) mass is 664 g/mol. The number of carbonyl (C=O) groups is 1. The first-order valence-corrected chi connectivity index (χ1v) is 16.4. The molecule has 0 saturated heterocycles. The van der Waals surface area contributed by atoms with Crippen molar-refractivity contribution in [3.8, 4) is 28.7 Å². The maximum Gasteiger partial charge on any atom is 0.263 e. The number of hydrogen-bond acceptors (Lipinski definition) is 6. The van der Waals surface area contributed by atoms with Crippen LogP contribution in [0, 0.1) is 0 Å². The number of anilines is 1. The molecular weight excluding hydrogens is 624 g/mol. The first-order chi connectivity index (χ1) is 21.4. The van der Waals surface area contributed by atoms with Crippen LogP contribution in [0.15, 0.2) is 71.7 Å². The van der Waals surface area contributed by atoms with Gasteiger partial charge in [0.15, 0.2) is 0 Å². The van der Waals surface area contributed by atoms with Gasteiger partial charge in [0, 0.05) is 59.5 Å². The zero-order valence-corrected chi connectivity index (χ0v) is 27.3. The number of benzene rings is 3. The number of rotatable bonds is 16. The van der Waals surface area contributed by atoms with Gasteiger partial charge in [-0.3, -0.25) is 9.59 Å². The molecule has 3 aromatic carbocycles. The number of ether oxygens (including phenoxy) is 3. The summed E-state index contributed by atoms with van der Waals surface area (Å²) in [4.78, 5) is 29.3. The van der Waals surface area contributed by atoms with E-state index in [0.717, 1.165) is 18.2 Å². The van der Waals surface area contributed by atoms with E-state index in [4.69, 9.17) is 14.2 Å². The fraction of sp³-hybridized carbons (Fsp3) is 0.371. The normalized spacial score (nSPS) is 11.0. The van der Waals surface area contributed by atoms with Gasteiger partial charge in [-0.2, -0.15) is 0 Å². The van der Waals surface area contributed by atoms with E-state index in [1.165, 1.54) is 36.3 Å². The van der Waals surface area contributed by atoms with E-state index in [9.17, 15) is 14.7 Å². The minimum absolute atomic E-state index is 0.000358. The first kappa shape index (κ1) is 32.9. The van der Waals surface area contributed by atoms with Crippen molar-refractivity contribution >= 4 is 38.4 Å². The highest BCUT2D eigenvalue weighted by atomic mass is 79.9. The third-order valence-electron chi connectivity index (χ3n) is 7.22. The van der Waals surface area contributed by atoms with Crippen LogP contribution in [0.1, 0.15) is 63.2 Å². The molecule has 44 heavy (non-hydrogen) atoms. The maximum atomic E-state index is 14.0. The Hall–Kier alpha value is -3.98. The van der Waals surface area contributed by atoms with Crippen molar-refractivity contribution in [1.82, 2.24) is 4.57 Å². The Labute approximate surface area is 267 Å². The SMILES string of the molecule is CCOc1cc(OCC)cc(-n2cc(C(=O)N(CC)c3cccc(O)c3)c(=O)c3ccc(OCCCCCCCBr)cc32)c1. The largest absolute Gasteiger partial charge is 0.508 e. The van der Waals surface area contributed by atoms with Crippen molar-refractivity contribution < 1.29 is 24.1 Å². The number of nitrogens with zero attached hydrogens (tertiary/aromatic N) is 2. The molecule has 0 aliphatic rings. The van der Waals surface area contributed by atoms with Crippen molar-refractivity contribution in [2.75, 3.05) is 36.6 Å². The van der Waals surface area contributed by atoms with Gasteiger partial charge in [-0.15, -0.1) is 0 Å². The molecule has 4 rings (SSSR count). The fourth-order valence-corrected chi connectivity index (χ4v) is 5.52. The van der Waals surface area contributed by atoms with E-state index in [2.05, 4.69) is 15.9 Å². The molecule has 0 saturated carbocycles. The molecule has 1 amide bonds. The second kappa shape index (κ2) is 16.2. The summed E-state index contributed by atoms with van der Waals surface area (Å²) in [5.74, 6) is 1.43. The van der Waals surface area contributed by atoms with Crippen LogP contribution in [0.5, 0.6) is 23.0 Å². The number of aromatic hydroxyl groups is 1. The lowest BCUT2D eigenvalue weighted by atomic mass is 10.1. The molecule has 0 radical (unpaired) electrons. The zero-order chi connectivity index (χ0) is 31.5. The van der Waals surface area contributed by atoms with Gasteiger partial charge in [0.1, 0.15) is 28.6 Å². The quantitative estimate of drug-likeness (QED) is 0.0968. The molecule has 1 aromatic heterocycles. The average molecular weight is 666 g/mol. The van der Waals surface area contributed by atoms with E-state index in [-0.39, 0.29) is 16.7 Å². The van der Waals surface area contributed by atoms with Gasteiger partial charge >= 0.3 is 0 Å². The van der Waals surface area contributed by atoms with Gasteiger partial charge < -0.3 is 28.8 Å². The van der Waals surface area contributed by atoms with Crippen LogP contribution in [0.2, 0.25) is 0 Å². The molecule has 1 heterocycles. The van der Waals surface area contributed by atoms with Gasteiger partial charge in [-0.25, -0.2) is 0 Å². The summed E-state index contributed by atoms with van der Waals surface area (Å²) in [5, 5.41) is 11.5. The lowest BCUT2D eigenvalue weighted by Gasteiger charge is -2.22. The Morgan fingerprint density at radius 1 is 0.841 bits per heavy atom. The number of alkyl halides is 1. The molecular formula is C35H41BrN2O6. The predicted octanol–water partition coefficient (Wildman–Crippen LogP) is 7.88. The molecule has 0 spiro atoms. The molecule has 9 heteroatoms. The summed E-state index contributed by atoms with van der Waals surface area (Å²) in [7, 11) is 0. The lowest BCUT2D eigenvalue weighted by molar-refractivity contribution is 0.0987. The molecule has 0 aliphatic heterocycles. The molecule has 4 aromatic rings. The Bertz CT molecular complexity index is 1590. The summed E-state index contributed by atoms with van der Waals surface area (Å²) in [6.45, 7) is 7.45. The molecule has 0 aliphatic carbocycles. The van der Waals surface area contributed by atoms with E-state index in [1.54, 1.807) is 30.5 Å². The van der Waals surface area contributed by atoms with Crippen molar-refractivity contribution in [3.63, 3.8) is 0 Å². The van der Waals surface area contributed by atoms with Crippen LogP contribution in [-0.4, -0.2) is 47.3 Å². The van der Waals surface area contributed by atoms with Gasteiger partial charge in [0.25, 0.3) is 5.91 Å². The highest BCUT2D eigenvalue weighted by molar-refractivity contribution is 9.09. The standard InChI is InChI=1S/C35H41BrN2O6/c1-4-37(25-13-12-14-27(39)19-25)35(41)32-24-38(26-20-29(42-5-2)22-30(21-26)43-6-3)33-23-28(15-16-31(33)34(32)40)44-18-11-9-7-8-10-17-36/h12-16,19-24,39H,4-11,17-18H2,1-3H3. The van der Waals surface area contributed by atoms with Crippen LogP contribution in [0.3, 0.4) is 0 Å². The molecule has 0 fully saturated rings. The number of phenols is 1. The third-order valence-corrected chi connectivity index (χ3v) is 7.78. The number of hydrogen-bond donors (Lipinski definition) is 1. The minimum Gasteiger partial charge on any atom is -0.508 e. The molecule has 8 nitrogen and oxygen atoms in total. The Morgan fingerprint density at radius 3 is 2.20 bits per heavy atom. The highest BCUT2D eigenvalue weighted by Crippen LogP contribution is 2.30. The van der Waals surface area contributed by atoms with Crippen molar-refractivity contribution in [1.29, 1.82) is 0 Å². The van der Waals surface area contributed by atoms with Gasteiger partial charge in [-0.1, -0.05) is 41.3 Å². The van der Waals surface area contributed by atoms with Gasteiger partial charge in [0.2, 0.25) is 5.43 Å². The second-order valence-electron chi connectivity index (χ2n) is 10.3. The number of halogens is 1. The fourth-order valence-electron chi connectivity index (χ4n) is 5.12. The molecule has 234 valence electrons. The number of phenolic OH excluding ortho intramolecular Hbond substituents is 1. The van der Waals surface area contributed by atoms with Crippen LogP contribution in [0.4, 0.5) is 5.69 Å². The Morgan fingerprint density at radius 2 is 1.55 bits per heavy atom. The predicted molar refractivity (Wildman–Crippen MR) is 180 cm³/mol. The minimum atomic E-state index is -0.468.